The van der Waals surface area contributed by atoms with Crippen LogP contribution in [0.2, 0.25) is 5.02 Å². The molecule has 0 aliphatic heterocycles. The number of rotatable bonds is 3. The molecule has 0 bridgehead atoms. The number of ether oxygens (including phenoxy) is 1. The van der Waals surface area contributed by atoms with E-state index in [0.29, 0.717) is 26.2 Å². The number of thiophene rings is 2. The minimum Gasteiger partial charge on any atom is -0.497 e. The Kier molecular flexibility index (Phi) is 4.98. The number of carbonyl (C=O) groups excluding carboxylic acids is 1. The summed E-state index contributed by atoms with van der Waals surface area (Å²) in [6.07, 6.45) is 0. The van der Waals surface area contributed by atoms with Gasteiger partial charge in [0.1, 0.15) is 21.7 Å². The SMILES string of the molecule is COc1ccc2sc(C(=O)Nc3scc(C(C)(C)C)c3C#N)c(Cl)c2c1. The van der Waals surface area contributed by atoms with Gasteiger partial charge in [0.2, 0.25) is 0 Å². The van der Waals surface area contributed by atoms with Gasteiger partial charge in [0.15, 0.2) is 0 Å². The molecule has 3 aromatic rings. The first kappa shape index (κ1) is 18.7. The largest absolute Gasteiger partial charge is 0.497 e. The molecule has 26 heavy (non-hydrogen) atoms. The van der Waals surface area contributed by atoms with Gasteiger partial charge in [0.05, 0.1) is 17.7 Å². The van der Waals surface area contributed by atoms with Crippen LogP contribution in [0.3, 0.4) is 0 Å². The van der Waals surface area contributed by atoms with Gasteiger partial charge in [-0.1, -0.05) is 32.4 Å². The summed E-state index contributed by atoms with van der Waals surface area (Å²) in [5.74, 6) is 0.373. The van der Waals surface area contributed by atoms with Crippen LogP contribution in [0.1, 0.15) is 41.6 Å². The first-order chi connectivity index (χ1) is 12.3. The summed E-state index contributed by atoms with van der Waals surface area (Å²) in [5.41, 5.74) is 1.26. The number of halogens is 1. The van der Waals surface area contributed by atoms with Crippen LogP contribution >= 0.6 is 34.3 Å². The van der Waals surface area contributed by atoms with Gasteiger partial charge in [-0.3, -0.25) is 4.79 Å². The molecule has 1 aromatic carbocycles. The van der Waals surface area contributed by atoms with Crippen LogP contribution in [0.4, 0.5) is 5.00 Å². The molecule has 0 radical (unpaired) electrons. The predicted octanol–water partition coefficient (Wildman–Crippen LogP) is 6.05. The summed E-state index contributed by atoms with van der Waals surface area (Å²) < 4.78 is 6.12. The van der Waals surface area contributed by atoms with E-state index in [1.807, 2.05) is 44.4 Å². The third-order valence-electron chi connectivity index (χ3n) is 3.98. The van der Waals surface area contributed by atoms with Gasteiger partial charge in [0.25, 0.3) is 5.91 Å². The number of nitriles is 1. The average Bonchev–Trinajstić information content (AvgIpc) is 3.15. The number of nitrogens with zero attached hydrogens (tertiary/aromatic N) is 1. The lowest BCUT2D eigenvalue weighted by molar-refractivity contribution is 0.103. The lowest BCUT2D eigenvalue weighted by Crippen LogP contribution is -2.14. The molecule has 3 rings (SSSR count). The number of hydrogen-bond acceptors (Lipinski definition) is 5. The van der Waals surface area contributed by atoms with E-state index in [9.17, 15) is 10.1 Å². The van der Waals surface area contributed by atoms with Crippen LogP contribution < -0.4 is 10.1 Å². The van der Waals surface area contributed by atoms with Crippen molar-refractivity contribution in [2.45, 2.75) is 26.2 Å². The van der Waals surface area contributed by atoms with Gasteiger partial charge in [-0.05, 0) is 34.6 Å². The monoisotopic (exact) mass is 404 g/mol. The second-order valence-electron chi connectivity index (χ2n) is 6.78. The van der Waals surface area contributed by atoms with Crippen LogP contribution in [0.15, 0.2) is 23.6 Å². The van der Waals surface area contributed by atoms with Crippen molar-refractivity contribution in [2.75, 3.05) is 12.4 Å². The Hall–Kier alpha value is -2.07. The number of anilines is 1. The lowest BCUT2D eigenvalue weighted by atomic mass is 9.86. The van der Waals surface area contributed by atoms with E-state index in [-0.39, 0.29) is 11.3 Å². The van der Waals surface area contributed by atoms with E-state index >= 15 is 0 Å². The Balaban J connectivity index is 1.97. The number of benzene rings is 1. The van der Waals surface area contributed by atoms with Gasteiger partial charge in [0, 0.05) is 10.1 Å². The average molecular weight is 405 g/mol. The van der Waals surface area contributed by atoms with Gasteiger partial charge >= 0.3 is 0 Å². The molecule has 1 N–H and O–H groups in total. The van der Waals surface area contributed by atoms with Gasteiger partial charge in [-0.15, -0.1) is 22.7 Å². The first-order valence-corrected chi connectivity index (χ1v) is 9.93. The van der Waals surface area contributed by atoms with Crippen molar-refractivity contribution in [3.63, 3.8) is 0 Å². The zero-order valence-electron chi connectivity index (χ0n) is 14.8. The van der Waals surface area contributed by atoms with Gasteiger partial charge < -0.3 is 10.1 Å². The third-order valence-corrected chi connectivity index (χ3v) is 6.55. The van der Waals surface area contributed by atoms with Crippen LogP contribution in [0, 0.1) is 11.3 Å². The summed E-state index contributed by atoms with van der Waals surface area (Å²) in [5, 5.41) is 16.0. The summed E-state index contributed by atoms with van der Waals surface area (Å²) in [6.45, 7) is 6.12. The van der Waals surface area contributed by atoms with E-state index in [1.165, 1.54) is 22.7 Å². The molecular formula is C19H17ClN2O2S2. The van der Waals surface area contributed by atoms with Crippen molar-refractivity contribution in [3.8, 4) is 11.8 Å². The Labute approximate surface area is 165 Å². The fourth-order valence-corrected chi connectivity index (χ4v) is 5.11. The number of nitrogens with one attached hydrogen (secondary N) is 1. The van der Waals surface area contributed by atoms with Crippen molar-refractivity contribution in [1.29, 1.82) is 5.26 Å². The molecule has 0 unspecified atom stereocenters. The minimum atomic E-state index is -0.311. The molecule has 0 saturated carbocycles. The van der Waals surface area contributed by atoms with E-state index < -0.39 is 0 Å². The molecule has 2 heterocycles. The predicted molar refractivity (Wildman–Crippen MR) is 109 cm³/mol. The number of carbonyl (C=O) groups is 1. The van der Waals surface area contributed by atoms with E-state index in [0.717, 1.165) is 15.6 Å². The third kappa shape index (κ3) is 3.30. The fourth-order valence-electron chi connectivity index (χ4n) is 2.59. The van der Waals surface area contributed by atoms with Crippen molar-refractivity contribution < 1.29 is 9.53 Å². The lowest BCUT2D eigenvalue weighted by Gasteiger charge is -2.17. The van der Waals surface area contributed by atoms with Crippen molar-refractivity contribution >= 4 is 55.3 Å². The molecule has 0 aliphatic rings. The van der Waals surface area contributed by atoms with Crippen LogP contribution in [-0.4, -0.2) is 13.0 Å². The van der Waals surface area contributed by atoms with E-state index in [1.54, 1.807) is 7.11 Å². The Bertz CT molecular complexity index is 1040. The fraction of sp³-hybridized carbons (Fsp3) is 0.263. The normalized spacial score (nSPS) is 11.4. The molecule has 0 spiro atoms. The zero-order chi connectivity index (χ0) is 19.1. The van der Waals surface area contributed by atoms with Gasteiger partial charge in [-0.2, -0.15) is 5.26 Å². The van der Waals surface area contributed by atoms with Crippen LogP contribution in [-0.2, 0) is 5.41 Å². The van der Waals surface area contributed by atoms with E-state index in [4.69, 9.17) is 16.3 Å². The Morgan fingerprint density at radius 1 is 1.35 bits per heavy atom. The molecule has 134 valence electrons. The maximum Gasteiger partial charge on any atom is 0.267 e. The second-order valence-corrected chi connectivity index (χ2v) is 9.09. The number of hydrogen-bond donors (Lipinski definition) is 1. The first-order valence-electron chi connectivity index (χ1n) is 7.85. The standard InChI is InChI=1S/C19H17ClN2O2S2/c1-19(2,3)13-9-25-18(12(13)8-21)22-17(23)16-15(20)11-7-10(24-4)5-6-14(11)26-16/h5-7,9H,1-4H3,(H,22,23). The highest BCUT2D eigenvalue weighted by atomic mass is 35.5. The maximum absolute atomic E-state index is 12.8. The highest BCUT2D eigenvalue weighted by molar-refractivity contribution is 7.22. The highest BCUT2D eigenvalue weighted by Gasteiger charge is 2.25. The molecule has 0 atom stereocenters. The van der Waals surface area contributed by atoms with Crippen molar-refractivity contribution in [1.82, 2.24) is 0 Å². The van der Waals surface area contributed by atoms with Crippen LogP contribution in [0.25, 0.3) is 10.1 Å². The zero-order valence-corrected chi connectivity index (χ0v) is 17.2. The second kappa shape index (κ2) is 6.92. The molecule has 0 aliphatic carbocycles. The topological polar surface area (TPSA) is 62.1 Å². The van der Waals surface area contributed by atoms with Gasteiger partial charge in [-0.25, -0.2) is 0 Å². The Morgan fingerprint density at radius 3 is 2.69 bits per heavy atom. The quantitative estimate of drug-likeness (QED) is 0.578. The Morgan fingerprint density at radius 2 is 2.08 bits per heavy atom. The molecule has 4 nitrogen and oxygen atoms in total. The molecule has 0 saturated heterocycles. The maximum atomic E-state index is 12.8. The molecular weight excluding hydrogens is 388 g/mol. The molecule has 0 fully saturated rings. The molecule has 1 amide bonds. The van der Waals surface area contributed by atoms with Crippen molar-refractivity contribution in [3.05, 3.63) is 44.6 Å². The number of fused-ring (bicyclic) bond motifs is 1. The molecule has 2 aromatic heterocycles. The van der Waals surface area contributed by atoms with Crippen LogP contribution in [0.5, 0.6) is 5.75 Å². The molecule has 7 heteroatoms. The van der Waals surface area contributed by atoms with E-state index in [2.05, 4.69) is 11.4 Å². The highest BCUT2D eigenvalue weighted by Crippen LogP contribution is 2.39. The number of methoxy groups -OCH3 is 1. The summed E-state index contributed by atoms with van der Waals surface area (Å²) in [7, 11) is 1.59. The summed E-state index contributed by atoms with van der Waals surface area (Å²) >= 11 is 9.11. The smallest absolute Gasteiger partial charge is 0.267 e. The minimum absolute atomic E-state index is 0.170. The van der Waals surface area contributed by atoms with Crippen molar-refractivity contribution in [2.24, 2.45) is 0 Å². The summed E-state index contributed by atoms with van der Waals surface area (Å²) in [6, 6.07) is 7.74. The number of amides is 1. The summed E-state index contributed by atoms with van der Waals surface area (Å²) in [4.78, 5) is 13.2.